The molecule has 3 aromatic heterocycles. The molecule has 0 aliphatic rings. The Balaban J connectivity index is 1.95. The predicted octanol–water partition coefficient (Wildman–Crippen LogP) is 2.82. The molecule has 0 atom stereocenters. The van der Waals surface area contributed by atoms with Crippen LogP contribution in [0.3, 0.4) is 0 Å². The zero-order valence-corrected chi connectivity index (χ0v) is 12.9. The number of halogens is 1. The van der Waals surface area contributed by atoms with Gasteiger partial charge in [-0.15, -0.1) is 11.3 Å². The van der Waals surface area contributed by atoms with Crippen LogP contribution in [-0.2, 0) is 13.6 Å². The van der Waals surface area contributed by atoms with Gasteiger partial charge in [0.1, 0.15) is 12.1 Å². The van der Waals surface area contributed by atoms with Crippen LogP contribution in [0.25, 0.3) is 11.0 Å². The smallest absolute Gasteiger partial charge is 0.163 e. The van der Waals surface area contributed by atoms with E-state index in [-0.39, 0.29) is 0 Å². The molecule has 0 aromatic carbocycles. The molecular weight excluding hydrogens is 326 g/mol. The van der Waals surface area contributed by atoms with E-state index in [9.17, 15) is 0 Å². The summed E-state index contributed by atoms with van der Waals surface area (Å²) in [5, 5.41) is 5.21. The van der Waals surface area contributed by atoms with Gasteiger partial charge in [0.15, 0.2) is 5.65 Å². The van der Waals surface area contributed by atoms with Gasteiger partial charge in [0, 0.05) is 19.0 Å². The minimum atomic E-state index is 0.817. The Morgan fingerprint density at radius 2 is 2.21 bits per heavy atom. The van der Waals surface area contributed by atoms with Gasteiger partial charge in [-0.1, -0.05) is 0 Å². The number of hydrogen-bond acceptors (Lipinski definition) is 5. The van der Waals surface area contributed by atoms with E-state index in [2.05, 4.69) is 48.0 Å². The topological polar surface area (TPSA) is 46.8 Å². The number of thiophene rings is 1. The van der Waals surface area contributed by atoms with Crippen LogP contribution in [0.4, 0.5) is 5.82 Å². The second-order valence-electron chi connectivity index (χ2n) is 4.26. The van der Waals surface area contributed by atoms with Crippen molar-refractivity contribution in [2.45, 2.75) is 6.54 Å². The second-order valence-corrected chi connectivity index (χ2v) is 6.81. The number of aryl methyl sites for hydroxylation is 1. The first-order valence-electron chi connectivity index (χ1n) is 5.73. The summed E-state index contributed by atoms with van der Waals surface area (Å²) in [5.41, 5.74) is 0.851. The third-order valence-corrected chi connectivity index (χ3v) is 4.50. The quantitative estimate of drug-likeness (QED) is 0.737. The van der Waals surface area contributed by atoms with Crippen molar-refractivity contribution in [3.8, 4) is 0 Å². The third kappa shape index (κ3) is 2.35. The van der Waals surface area contributed by atoms with E-state index in [1.807, 2.05) is 20.3 Å². The van der Waals surface area contributed by atoms with Gasteiger partial charge in [-0.2, -0.15) is 5.10 Å². The molecule has 0 saturated heterocycles. The zero-order chi connectivity index (χ0) is 13.4. The summed E-state index contributed by atoms with van der Waals surface area (Å²) in [5.74, 6) is 0.905. The molecule has 0 spiro atoms. The van der Waals surface area contributed by atoms with Gasteiger partial charge in [0.05, 0.1) is 21.9 Å². The highest BCUT2D eigenvalue weighted by atomic mass is 79.9. The monoisotopic (exact) mass is 337 g/mol. The van der Waals surface area contributed by atoms with Gasteiger partial charge in [0.2, 0.25) is 0 Å². The van der Waals surface area contributed by atoms with Crippen molar-refractivity contribution in [1.82, 2.24) is 19.7 Å². The summed E-state index contributed by atoms with van der Waals surface area (Å²) in [4.78, 5) is 12.0. The van der Waals surface area contributed by atoms with Crippen LogP contribution in [0.2, 0.25) is 0 Å². The average Bonchev–Trinajstić information content (AvgIpc) is 2.96. The Labute approximate surface area is 123 Å². The maximum Gasteiger partial charge on any atom is 0.163 e. The molecule has 0 radical (unpaired) electrons. The molecule has 19 heavy (non-hydrogen) atoms. The summed E-state index contributed by atoms with van der Waals surface area (Å²) < 4.78 is 2.90. The number of fused-ring (bicyclic) bond motifs is 1. The van der Waals surface area contributed by atoms with E-state index in [0.29, 0.717) is 0 Å². The van der Waals surface area contributed by atoms with Crippen LogP contribution in [0, 0.1) is 0 Å². The van der Waals surface area contributed by atoms with Crippen LogP contribution < -0.4 is 4.90 Å². The SMILES string of the molecule is CN(Cc1ccc(Br)s1)c1ncnc2c1cnn2C. The van der Waals surface area contributed by atoms with Crippen molar-refractivity contribution >= 4 is 44.1 Å². The summed E-state index contributed by atoms with van der Waals surface area (Å²) in [6.45, 7) is 0.817. The lowest BCUT2D eigenvalue weighted by atomic mass is 10.3. The normalized spacial score (nSPS) is 11.1. The predicted molar refractivity (Wildman–Crippen MR) is 80.4 cm³/mol. The van der Waals surface area contributed by atoms with E-state index >= 15 is 0 Å². The molecule has 0 saturated carbocycles. The number of rotatable bonds is 3. The lowest BCUT2D eigenvalue weighted by Crippen LogP contribution is -2.17. The van der Waals surface area contributed by atoms with Crippen LogP contribution in [0.5, 0.6) is 0 Å². The number of nitrogens with zero attached hydrogens (tertiary/aromatic N) is 5. The summed E-state index contributed by atoms with van der Waals surface area (Å²) in [7, 11) is 3.91. The first-order chi connectivity index (χ1) is 9.15. The number of hydrogen-bond donors (Lipinski definition) is 0. The van der Waals surface area contributed by atoms with Gasteiger partial charge in [0.25, 0.3) is 0 Å². The molecule has 5 nitrogen and oxygen atoms in total. The molecule has 98 valence electrons. The van der Waals surface area contributed by atoms with E-state index < -0.39 is 0 Å². The van der Waals surface area contributed by atoms with Crippen molar-refractivity contribution in [3.63, 3.8) is 0 Å². The Kier molecular flexibility index (Phi) is 3.24. The molecule has 3 rings (SSSR count). The first-order valence-corrected chi connectivity index (χ1v) is 7.34. The fourth-order valence-corrected chi connectivity index (χ4v) is 3.54. The molecule has 0 unspecified atom stereocenters. The fourth-order valence-electron chi connectivity index (χ4n) is 2.00. The number of anilines is 1. The van der Waals surface area contributed by atoms with Crippen LogP contribution in [-0.4, -0.2) is 26.8 Å². The van der Waals surface area contributed by atoms with Crippen molar-refractivity contribution in [3.05, 3.63) is 33.3 Å². The highest BCUT2D eigenvalue weighted by Gasteiger charge is 2.12. The summed E-state index contributed by atoms with van der Waals surface area (Å²) in [6, 6.07) is 4.18. The summed E-state index contributed by atoms with van der Waals surface area (Å²) in [6.07, 6.45) is 3.39. The Bertz CT molecular complexity index is 720. The lowest BCUT2D eigenvalue weighted by Gasteiger charge is -2.17. The highest BCUT2D eigenvalue weighted by molar-refractivity contribution is 9.11. The van der Waals surface area contributed by atoms with Crippen LogP contribution in [0.1, 0.15) is 4.88 Å². The molecule has 0 amide bonds. The molecular formula is C12H12BrN5S. The fraction of sp³-hybridized carbons (Fsp3) is 0.250. The molecule has 0 bridgehead atoms. The summed E-state index contributed by atoms with van der Waals surface area (Å²) >= 11 is 5.21. The van der Waals surface area contributed by atoms with Gasteiger partial charge in [-0.25, -0.2) is 9.97 Å². The van der Waals surface area contributed by atoms with Crippen molar-refractivity contribution < 1.29 is 0 Å². The van der Waals surface area contributed by atoms with Crippen molar-refractivity contribution in [2.24, 2.45) is 7.05 Å². The minimum absolute atomic E-state index is 0.817. The first kappa shape index (κ1) is 12.6. The van der Waals surface area contributed by atoms with Gasteiger partial charge in [-0.3, -0.25) is 4.68 Å². The maximum atomic E-state index is 4.38. The van der Waals surface area contributed by atoms with Crippen molar-refractivity contribution in [2.75, 3.05) is 11.9 Å². The van der Waals surface area contributed by atoms with Gasteiger partial charge in [-0.05, 0) is 28.1 Å². The highest BCUT2D eigenvalue weighted by Crippen LogP contribution is 2.26. The van der Waals surface area contributed by atoms with E-state index in [1.165, 1.54) is 4.88 Å². The zero-order valence-electron chi connectivity index (χ0n) is 10.5. The second kappa shape index (κ2) is 4.90. The van der Waals surface area contributed by atoms with Crippen molar-refractivity contribution in [1.29, 1.82) is 0 Å². The Morgan fingerprint density at radius 3 is 2.95 bits per heavy atom. The van der Waals surface area contributed by atoms with E-state index in [0.717, 1.165) is 27.2 Å². The van der Waals surface area contributed by atoms with Gasteiger partial charge < -0.3 is 4.90 Å². The van der Waals surface area contributed by atoms with Gasteiger partial charge >= 0.3 is 0 Å². The van der Waals surface area contributed by atoms with Crippen LogP contribution in [0.15, 0.2) is 28.4 Å². The molecule has 0 N–H and O–H groups in total. The molecule has 0 aliphatic heterocycles. The third-order valence-electron chi connectivity index (χ3n) is 2.89. The molecule has 7 heteroatoms. The number of aromatic nitrogens is 4. The Morgan fingerprint density at radius 1 is 1.37 bits per heavy atom. The standard InChI is InChI=1S/C12H12BrN5S/c1-17(6-8-3-4-10(13)19-8)11-9-5-16-18(2)12(9)15-7-14-11/h3-5,7H,6H2,1-2H3. The maximum absolute atomic E-state index is 4.38. The minimum Gasteiger partial charge on any atom is -0.354 e. The molecule has 0 fully saturated rings. The Hall–Kier alpha value is -1.47. The molecule has 3 heterocycles. The van der Waals surface area contributed by atoms with Crippen LogP contribution >= 0.6 is 27.3 Å². The average molecular weight is 338 g/mol. The lowest BCUT2D eigenvalue weighted by molar-refractivity contribution is 0.785. The van der Waals surface area contributed by atoms with E-state index in [4.69, 9.17) is 0 Å². The largest absolute Gasteiger partial charge is 0.354 e. The molecule has 0 aliphatic carbocycles. The van der Waals surface area contributed by atoms with E-state index in [1.54, 1.807) is 22.3 Å². The molecule has 3 aromatic rings.